The van der Waals surface area contributed by atoms with Crippen LogP contribution >= 0.6 is 11.5 Å². The van der Waals surface area contributed by atoms with Gasteiger partial charge < -0.3 is 15.1 Å². The van der Waals surface area contributed by atoms with E-state index in [2.05, 4.69) is 25.2 Å². The third kappa shape index (κ3) is 3.30. The normalized spacial score (nSPS) is 11.6. The first-order chi connectivity index (χ1) is 8.79. The molecule has 2 aromatic heterocycles. The van der Waals surface area contributed by atoms with Crippen LogP contribution in [0.15, 0.2) is 27.8 Å². The highest BCUT2D eigenvalue weighted by Gasteiger charge is 2.04. The molecule has 0 aliphatic carbocycles. The fourth-order valence-corrected chi connectivity index (χ4v) is 1.95. The Morgan fingerprint density at radius 2 is 2.28 bits per heavy atom. The van der Waals surface area contributed by atoms with Crippen LogP contribution in [0.5, 0.6) is 0 Å². The van der Waals surface area contributed by atoms with E-state index in [1.165, 1.54) is 11.5 Å². The molecule has 0 radical (unpaired) electrons. The Bertz CT molecular complexity index is 505. The number of hydrogen-bond acceptors (Lipinski definition) is 5. The summed E-state index contributed by atoms with van der Waals surface area (Å²) in [6.45, 7) is 3.22. The van der Waals surface area contributed by atoms with Gasteiger partial charge in [0.15, 0.2) is 5.96 Å². The van der Waals surface area contributed by atoms with E-state index < -0.39 is 0 Å². The molecule has 2 N–H and O–H groups in total. The molecule has 7 heteroatoms. The number of guanidine groups is 1. The van der Waals surface area contributed by atoms with E-state index in [0.29, 0.717) is 13.1 Å². The van der Waals surface area contributed by atoms with E-state index >= 15 is 0 Å². The van der Waals surface area contributed by atoms with Crippen LogP contribution in [0.2, 0.25) is 0 Å². The van der Waals surface area contributed by atoms with Crippen molar-refractivity contribution in [2.45, 2.75) is 20.0 Å². The molecule has 2 heterocycles. The van der Waals surface area contributed by atoms with Gasteiger partial charge in [-0.3, -0.25) is 4.99 Å². The predicted octanol–water partition coefficient (Wildman–Crippen LogP) is 1.30. The quantitative estimate of drug-likeness (QED) is 0.644. The molecule has 0 bridgehead atoms. The summed E-state index contributed by atoms with van der Waals surface area (Å²) in [6.07, 6.45) is 1.65. The molecule has 0 atom stereocenters. The maximum Gasteiger partial charge on any atom is 0.191 e. The summed E-state index contributed by atoms with van der Waals surface area (Å²) in [5.74, 6) is 1.59. The van der Waals surface area contributed by atoms with Gasteiger partial charge in [0, 0.05) is 7.05 Å². The van der Waals surface area contributed by atoms with Gasteiger partial charge in [0.1, 0.15) is 5.76 Å². The summed E-state index contributed by atoms with van der Waals surface area (Å²) in [4.78, 5) is 5.24. The van der Waals surface area contributed by atoms with Crippen molar-refractivity contribution in [1.29, 1.82) is 0 Å². The van der Waals surface area contributed by atoms with Gasteiger partial charge in [-0.15, -0.1) is 5.10 Å². The third-order valence-corrected chi connectivity index (χ3v) is 3.22. The first-order valence-electron chi connectivity index (χ1n) is 5.54. The molecule has 0 saturated carbocycles. The van der Waals surface area contributed by atoms with Crippen molar-refractivity contribution in [2.75, 3.05) is 7.05 Å². The van der Waals surface area contributed by atoms with Gasteiger partial charge in [0.05, 0.1) is 29.9 Å². The molecule has 0 amide bonds. The van der Waals surface area contributed by atoms with E-state index in [0.717, 1.165) is 22.3 Å². The SMILES string of the molecule is CN=C(NCc1ccco1)NCc1snnc1C. The molecule has 18 heavy (non-hydrogen) atoms. The van der Waals surface area contributed by atoms with E-state index in [9.17, 15) is 0 Å². The zero-order valence-corrected chi connectivity index (χ0v) is 11.1. The van der Waals surface area contributed by atoms with Crippen molar-refractivity contribution in [3.05, 3.63) is 34.7 Å². The van der Waals surface area contributed by atoms with E-state index in [-0.39, 0.29) is 0 Å². The second kappa shape index (κ2) is 6.15. The Labute approximate surface area is 109 Å². The van der Waals surface area contributed by atoms with Crippen molar-refractivity contribution < 1.29 is 4.42 Å². The van der Waals surface area contributed by atoms with Crippen LogP contribution in [0.3, 0.4) is 0 Å². The molecule has 2 rings (SSSR count). The van der Waals surface area contributed by atoms with Crippen molar-refractivity contribution >= 4 is 17.5 Å². The van der Waals surface area contributed by atoms with Gasteiger partial charge >= 0.3 is 0 Å². The number of furan rings is 1. The Balaban J connectivity index is 1.81. The minimum Gasteiger partial charge on any atom is -0.467 e. The van der Waals surface area contributed by atoms with E-state index in [4.69, 9.17) is 4.42 Å². The monoisotopic (exact) mass is 265 g/mol. The highest BCUT2D eigenvalue weighted by atomic mass is 32.1. The van der Waals surface area contributed by atoms with Crippen LogP contribution in [0.25, 0.3) is 0 Å². The fourth-order valence-electron chi connectivity index (χ4n) is 1.38. The topological polar surface area (TPSA) is 75.3 Å². The summed E-state index contributed by atoms with van der Waals surface area (Å²) in [7, 11) is 1.73. The lowest BCUT2D eigenvalue weighted by Gasteiger charge is -2.09. The van der Waals surface area contributed by atoms with Crippen LogP contribution in [0.4, 0.5) is 0 Å². The molecule has 6 nitrogen and oxygen atoms in total. The fraction of sp³-hybridized carbons (Fsp3) is 0.364. The molecular weight excluding hydrogens is 250 g/mol. The zero-order valence-electron chi connectivity index (χ0n) is 10.3. The smallest absolute Gasteiger partial charge is 0.191 e. The van der Waals surface area contributed by atoms with Crippen molar-refractivity contribution in [1.82, 2.24) is 20.2 Å². The van der Waals surface area contributed by atoms with Gasteiger partial charge in [0.2, 0.25) is 0 Å². The average molecular weight is 265 g/mol. The molecule has 2 aromatic rings. The summed E-state index contributed by atoms with van der Waals surface area (Å²) >= 11 is 1.39. The van der Waals surface area contributed by atoms with Crippen molar-refractivity contribution in [2.24, 2.45) is 4.99 Å². The Morgan fingerprint density at radius 1 is 1.44 bits per heavy atom. The van der Waals surface area contributed by atoms with Gasteiger partial charge in [-0.05, 0) is 30.6 Å². The largest absolute Gasteiger partial charge is 0.467 e. The maximum atomic E-state index is 5.23. The van der Waals surface area contributed by atoms with Crippen LogP contribution in [-0.2, 0) is 13.1 Å². The highest BCUT2D eigenvalue weighted by Crippen LogP contribution is 2.07. The Kier molecular flexibility index (Phi) is 4.30. The molecule has 0 aliphatic heterocycles. The molecule has 0 aliphatic rings. The summed E-state index contributed by atoms with van der Waals surface area (Å²) in [5, 5.41) is 10.3. The summed E-state index contributed by atoms with van der Waals surface area (Å²) in [5.41, 5.74) is 0.953. The van der Waals surface area contributed by atoms with Gasteiger partial charge in [-0.25, -0.2) is 0 Å². The van der Waals surface area contributed by atoms with Gasteiger partial charge in [-0.1, -0.05) is 4.49 Å². The number of nitrogens with one attached hydrogen (secondary N) is 2. The van der Waals surface area contributed by atoms with Crippen molar-refractivity contribution in [3.63, 3.8) is 0 Å². The summed E-state index contributed by atoms with van der Waals surface area (Å²) < 4.78 is 9.12. The van der Waals surface area contributed by atoms with Gasteiger partial charge in [-0.2, -0.15) is 0 Å². The van der Waals surface area contributed by atoms with Crippen LogP contribution in [0.1, 0.15) is 16.3 Å². The first kappa shape index (κ1) is 12.6. The average Bonchev–Trinajstić information content (AvgIpc) is 3.01. The van der Waals surface area contributed by atoms with E-state index in [1.807, 2.05) is 19.1 Å². The number of rotatable bonds is 4. The number of aryl methyl sites for hydroxylation is 1. The molecule has 0 aromatic carbocycles. The Morgan fingerprint density at radius 3 is 2.89 bits per heavy atom. The first-order valence-corrected chi connectivity index (χ1v) is 6.31. The minimum atomic E-state index is 0.604. The number of aliphatic imine (C=N–C) groups is 1. The molecule has 0 unspecified atom stereocenters. The molecule has 0 saturated heterocycles. The van der Waals surface area contributed by atoms with Crippen molar-refractivity contribution in [3.8, 4) is 0 Å². The Hall–Kier alpha value is -1.89. The number of hydrogen-bond donors (Lipinski definition) is 2. The lowest BCUT2D eigenvalue weighted by atomic mass is 10.4. The summed E-state index contributed by atoms with van der Waals surface area (Å²) in [6, 6.07) is 3.77. The minimum absolute atomic E-state index is 0.604. The van der Waals surface area contributed by atoms with Crippen LogP contribution in [-0.4, -0.2) is 22.6 Å². The van der Waals surface area contributed by atoms with Crippen LogP contribution < -0.4 is 10.6 Å². The standard InChI is InChI=1S/C11H15N5OS/c1-8-10(18-16-15-8)7-14-11(12-2)13-6-9-4-3-5-17-9/h3-5H,6-7H2,1-2H3,(H2,12,13,14). The van der Waals surface area contributed by atoms with Gasteiger partial charge in [0.25, 0.3) is 0 Å². The molecule has 0 fully saturated rings. The maximum absolute atomic E-state index is 5.23. The number of nitrogens with zero attached hydrogens (tertiary/aromatic N) is 3. The highest BCUT2D eigenvalue weighted by molar-refractivity contribution is 7.05. The van der Waals surface area contributed by atoms with E-state index in [1.54, 1.807) is 13.3 Å². The predicted molar refractivity (Wildman–Crippen MR) is 70.4 cm³/mol. The second-order valence-electron chi connectivity index (χ2n) is 3.64. The van der Waals surface area contributed by atoms with Crippen LogP contribution in [0, 0.1) is 6.92 Å². The molecule has 96 valence electrons. The lowest BCUT2D eigenvalue weighted by molar-refractivity contribution is 0.501. The number of aromatic nitrogens is 2. The second-order valence-corrected chi connectivity index (χ2v) is 4.48. The zero-order chi connectivity index (χ0) is 12.8. The third-order valence-electron chi connectivity index (χ3n) is 2.40. The molecule has 0 spiro atoms. The lowest BCUT2D eigenvalue weighted by Crippen LogP contribution is -2.36. The molecular formula is C11H15N5OS.